The predicted octanol–water partition coefficient (Wildman–Crippen LogP) is 3.15. The molecule has 1 aromatic rings. The molecule has 3 fully saturated rings. The first-order valence-electron chi connectivity index (χ1n) is 8.34. The van der Waals surface area contributed by atoms with E-state index in [-0.39, 0.29) is 0 Å². The molecule has 0 aromatic carbocycles. The van der Waals surface area contributed by atoms with Crippen molar-refractivity contribution in [2.75, 3.05) is 26.3 Å². The van der Waals surface area contributed by atoms with E-state index in [0.717, 1.165) is 32.3 Å². The summed E-state index contributed by atoms with van der Waals surface area (Å²) in [5.74, 6) is 1.66. The van der Waals surface area contributed by atoms with E-state index < -0.39 is 0 Å². The molecule has 116 valence electrons. The lowest BCUT2D eigenvalue weighted by atomic mass is 10.1. The van der Waals surface area contributed by atoms with Gasteiger partial charge in [-0.05, 0) is 49.0 Å². The van der Waals surface area contributed by atoms with E-state index in [4.69, 9.17) is 9.47 Å². The van der Waals surface area contributed by atoms with Gasteiger partial charge in [-0.1, -0.05) is 6.07 Å². The van der Waals surface area contributed by atoms with Crippen LogP contribution in [0.5, 0.6) is 0 Å². The van der Waals surface area contributed by atoms with Crippen LogP contribution in [0.2, 0.25) is 0 Å². The van der Waals surface area contributed by atoms with Crippen LogP contribution in [0, 0.1) is 11.8 Å². The second-order valence-electron chi connectivity index (χ2n) is 6.85. The van der Waals surface area contributed by atoms with Gasteiger partial charge in [-0.2, -0.15) is 0 Å². The molecule has 1 aliphatic heterocycles. The molecule has 3 atom stereocenters. The third-order valence-corrected chi connectivity index (χ3v) is 5.97. The summed E-state index contributed by atoms with van der Waals surface area (Å²) in [4.78, 5) is 4.04. The molecule has 2 saturated carbocycles. The lowest BCUT2D eigenvalue weighted by molar-refractivity contribution is -0.0572. The van der Waals surface area contributed by atoms with Crippen molar-refractivity contribution >= 4 is 11.3 Å². The fourth-order valence-corrected chi connectivity index (χ4v) is 4.48. The Morgan fingerprint density at radius 3 is 3.05 bits per heavy atom. The molecule has 0 spiro atoms. The Hall–Kier alpha value is -0.420. The van der Waals surface area contributed by atoms with Crippen LogP contribution >= 0.6 is 11.3 Å². The average Bonchev–Trinajstić information content (AvgIpc) is 3.00. The summed E-state index contributed by atoms with van der Waals surface area (Å²) in [7, 11) is 0. The topological polar surface area (TPSA) is 21.7 Å². The summed E-state index contributed by atoms with van der Waals surface area (Å²) < 4.78 is 12.0. The van der Waals surface area contributed by atoms with Crippen molar-refractivity contribution in [1.29, 1.82) is 0 Å². The number of fused-ring (bicyclic) bond motifs is 1. The van der Waals surface area contributed by atoms with Gasteiger partial charge in [0.15, 0.2) is 0 Å². The van der Waals surface area contributed by atoms with Crippen molar-refractivity contribution in [3.8, 4) is 0 Å². The molecule has 0 bridgehead atoms. The van der Waals surface area contributed by atoms with E-state index in [2.05, 4.69) is 22.4 Å². The van der Waals surface area contributed by atoms with Gasteiger partial charge in [0.2, 0.25) is 0 Å². The highest BCUT2D eigenvalue weighted by molar-refractivity contribution is 7.09. The van der Waals surface area contributed by atoms with Crippen molar-refractivity contribution < 1.29 is 9.47 Å². The second-order valence-corrected chi connectivity index (χ2v) is 7.88. The fourth-order valence-electron chi connectivity index (χ4n) is 3.84. The molecule has 0 N–H and O–H groups in total. The number of ether oxygens (including phenoxy) is 2. The Bertz CT molecular complexity index is 446. The summed E-state index contributed by atoms with van der Waals surface area (Å²) in [6.45, 7) is 5.05. The van der Waals surface area contributed by atoms with E-state index in [1.54, 1.807) is 11.3 Å². The third kappa shape index (κ3) is 3.50. The molecule has 4 heteroatoms. The van der Waals surface area contributed by atoms with Crippen LogP contribution in [0.4, 0.5) is 0 Å². The van der Waals surface area contributed by atoms with E-state index in [0.29, 0.717) is 18.1 Å². The Morgan fingerprint density at radius 2 is 2.24 bits per heavy atom. The normalized spacial score (nSPS) is 33.2. The molecule has 2 heterocycles. The van der Waals surface area contributed by atoms with Gasteiger partial charge in [-0.3, -0.25) is 4.90 Å². The first-order valence-corrected chi connectivity index (χ1v) is 9.22. The van der Waals surface area contributed by atoms with E-state index in [1.807, 2.05) is 0 Å². The maximum Gasteiger partial charge on any atom is 0.0809 e. The summed E-state index contributed by atoms with van der Waals surface area (Å²) in [5.41, 5.74) is 0. The Balaban J connectivity index is 1.26. The molecular weight excluding hydrogens is 282 g/mol. The molecule has 21 heavy (non-hydrogen) atoms. The molecule has 2 aliphatic carbocycles. The van der Waals surface area contributed by atoms with Crippen LogP contribution in [0.3, 0.4) is 0 Å². The number of morpholine rings is 1. The first kappa shape index (κ1) is 14.2. The lowest BCUT2D eigenvalue weighted by Gasteiger charge is -2.37. The van der Waals surface area contributed by atoms with Crippen LogP contribution in [0.1, 0.15) is 30.6 Å². The van der Waals surface area contributed by atoms with Crippen molar-refractivity contribution in [2.45, 2.75) is 44.4 Å². The molecule has 3 aliphatic rings. The van der Waals surface area contributed by atoms with Gasteiger partial charge in [-0.15, -0.1) is 11.3 Å². The standard InChI is InChI=1S/C17H25NO2S/c1-2-15(21-7-1)12-19-11-14-8-16-17(9-14)20-6-5-18(16)10-13-3-4-13/h1-2,7,13-14,16-17H,3-6,8-12H2/t14?,16-,17-/m1/s1. The molecule has 1 aromatic heterocycles. The highest BCUT2D eigenvalue weighted by Gasteiger charge is 2.42. The monoisotopic (exact) mass is 307 g/mol. The molecular formula is C17H25NO2S. The molecule has 1 saturated heterocycles. The van der Waals surface area contributed by atoms with Gasteiger partial charge in [0.25, 0.3) is 0 Å². The Morgan fingerprint density at radius 1 is 1.29 bits per heavy atom. The van der Waals surface area contributed by atoms with Crippen molar-refractivity contribution in [1.82, 2.24) is 4.90 Å². The average molecular weight is 307 g/mol. The summed E-state index contributed by atoms with van der Waals surface area (Å²) in [5, 5.41) is 2.12. The van der Waals surface area contributed by atoms with Crippen molar-refractivity contribution in [3.63, 3.8) is 0 Å². The van der Waals surface area contributed by atoms with E-state index in [9.17, 15) is 0 Å². The highest BCUT2D eigenvalue weighted by Crippen LogP contribution is 2.37. The van der Waals surface area contributed by atoms with Crippen LogP contribution in [0.25, 0.3) is 0 Å². The van der Waals surface area contributed by atoms with Gasteiger partial charge in [-0.25, -0.2) is 0 Å². The van der Waals surface area contributed by atoms with Crippen LogP contribution in [0.15, 0.2) is 17.5 Å². The van der Waals surface area contributed by atoms with Gasteiger partial charge in [0.05, 0.1) is 25.9 Å². The van der Waals surface area contributed by atoms with Gasteiger partial charge in [0, 0.05) is 24.0 Å². The van der Waals surface area contributed by atoms with Crippen molar-refractivity contribution in [3.05, 3.63) is 22.4 Å². The fraction of sp³-hybridized carbons (Fsp3) is 0.765. The van der Waals surface area contributed by atoms with Crippen LogP contribution in [-0.2, 0) is 16.1 Å². The number of hydrogen-bond donors (Lipinski definition) is 0. The summed E-state index contributed by atoms with van der Waals surface area (Å²) >= 11 is 1.78. The van der Waals surface area contributed by atoms with E-state index >= 15 is 0 Å². The molecule has 3 nitrogen and oxygen atoms in total. The molecule has 0 radical (unpaired) electrons. The maximum absolute atomic E-state index is 6.02. The molecule has 0 amide bonds. The number of nitrogens with zero attached hydrogens (tertiary/aromatic N) is 1. The third-order valence-electron chi connectivity index (χ3n) is 5.12. The summed E-state index contributed by atoms with van der Waals surface area (Å²) in [6, 6.07) is 4.91. The second kappa shape index (κ2) is 6.37. The largest absolute Gasteiger partial charge is 0.376 e. The Kier molecular flexibility index (Phi) is 4.30. The minimum atomic E-state index is 0.466. The predicted molar refractivity (Wildman–Crippen MR) is 84.5 cm³/mol. The van der Waals surface area contributed by atoms with Gasteiger partial charge in [0.1, 0.15) is 0 Å². The first-order chi connectivity index (χ1) is 10.4. The zero-order chi connectivity index (χ0) is 14.1. The number of rotatable bonds is 6. The van der Waals surface area contributed by atoms with Gasteiger partial charge < -0.3 is 9.47 Å². The zero-order valence-electron chi connectivity index (χ0n) is 12.6. The zero-order valence-corrected chi connectivity index (χ0v) is 13.4. The van der Waals surface area contributed by atoms with Crippen LogP contribution in [-0.4, -0.2) is 43.3 Å². The maximum atomic E-state index is 6.02. The molecule has 1 unspecified atom stereocenters. The number of thiophene rings is 1. The van der Waals surface area contributed by atoms with E-state index in [1.165, 1.54) is 37.1 Å². The Labute approximate surface area is 131 Å². The van der Waals surface area contributed by atoms with Gasteiger partial charge >= 0.3 is 0 Å². The lowest BCUT2D eigenvalue weighted by Crippen LogP contribution is -2.49. The van der Waals surface area contributed by atoms with Crippen molar-refractivity contribution in [2.24, 2.45) is 11.8 Å². The quantitative estimate of drug-likeness (QED) is 0.806. The minimum Gasteiger partial charge on any atom is -0.376 e. The number of hydrogen-bond acceptors (Lipinski definition) is 4. The smallest absolute Gasteiger partial charge is 0.0809 e. The molecule has 4 rings (SSSR count). The minimum absolute atomic E-state index is 0.466. The van der Waals surface area contributed by atoms with Crippen LogP contribution < -0.4 is 0 Å². The highest BCUT2D eigenvalue weighted by atomic mass is 32.1. The summed E-state index contributed by atoms with van der Waals surface area (Å²) in [6.07, 6.45) is 5.82. The SMILES string of the molecule is c1csc(COCC2C[C@@H]3[C@@H](C2)OCCN3CC2CC2)c1.